The van der Waals surface area contributed by atoms with E-state index in [9.17, 15) is 0 Å². The second kappa shape index (κ2) is 5.14. The normalized spacial score (nSPS) is 10.5. The highest BCUT2D eigenvalue weighted by atomic mass is 35.5. The smallest absolute Gasteiger partial charge is 0.207 e. The van der Waals surface area contributed by atoms with Crippen molar-refractivity contribution in [1.29, 1.82) is 0 Å². The van der Waals surface area contributed by atoms with Gasteiger partial charge < -0.3 is 0 Å². The fourth-order valence-corrected chi connectivity index (χ4v) is 1.74. The van der Waals surface area contributed by atoms with Gasteiger partial charge in [-0.05, 0) is 31.2 Å². The Bertz CT molecular complexity index is 492. The van der Waals surface area contributed by atoms with E-state index < -0.39 is 0 Å². The van der Waals surface area contributed by atoms with Crippen molar-refractivity contribution in [2.75, 3.05) is 18.1 Å². The molecule has 0 fully saturated rings. The molecule has 0 aliphatic carbocycles. The lowest BCUT2D eigenvalue weighted by atomic mass is 10.2. The van der Waals surface area contributed by atoms with E-state index in [1.807, 2.05) is 43.1 Å². The first-order chi connectivity index (χ1) is 8.24. The van der Waals surface area contributed by atoms with Crippen molar-refractivity contribution >= 4 is 11.6 Å². The molecule has 0 saturated heterocycles. The van der Waals surface area contributed by atoms with Crippen molar-refractivity contribution in [2.45, 2.75) is 13.8 Å². The SMILES string of the molecule is CCN(CC)n1nnc(-c2cccc(Cl)c2)n1. The van der Waals surface area contributed by atoms with Crippen LogP contribution in [0.4, 0.5) is 0 Å². The van der Waals surface area contributed by atoms with Crippen molar-refractivity contribution < 1.29 is 0 Å². The van der Waals surface area contributed by atoms with Gasteiger partial charge >= 0.3 is 0 Å². The molecule has 1 aromatic heterocycles. The first-order valence-electron chi connectivity index (χ1n) is 5.55. The Morgan fingerprint density at radius 1 is 1.29 bits per heavy atom. The molecule has 0 saturated carbocycles. The third kappa shape index (κ3) is 2.55. The van der Waals surface area contributed by atoms with E-state index in [-0.39, 0.29) is 0 Å². The van der Waals surface area contributed by atoms with Gasteiger partial charge in [-0.25, -0.2) is 0 Å². The molecule has 0 radical (unpaired) electrons. The molecule has 0 aliphatic heterocycles. The molecule has 6 heteroatoms. The first-order valence-corrected chi connectivity index (χ1v) is 5.93. The minimum Gasteiger partial charge on any atom is -0.279 e. The molecule has 2 aromatic rings. The van der Waals surface area contributed by atoms with E-state index in [2.05, 4.69) is 15.4 Å². The van der Waals surface area contributed by atoms with Gasteiger partial charge in [-0.3, -0.25) is 5.01 Å². The molecule has 0 amide bonds. The molecule has 17 heavy (non-hydrogen) atoms. The van der Waals surface area contributed by atoms with Gasteiger partial charge in [0.15, 0.2) is 0 Å². The van der Waals surface area contributed by atoms with Gasteiger partial charge in [0.25, 0.3) is 0 Å². The zero-order valence-electron chi connectivity index (χ0n) is 9.84. The Morgan fingerprint density at radius 2 is 2.06 bits per heavy atom. The number of tetrazole rings is 1. The molecule has 90 valence electrons. The van der Waals surface area contributed by atoms with E-state index in [1.54, 1.807) is 0 Å². The molecule has 0 aliphatic rings. The highest BCUT2D eigenvalue weighted by Gasteiger charge is 2.09. The average molecular weight is 252 g/mol. The van der Waals surface area contributed by atoms with Crippen LogP contribution < -0.4 is 5.01 Å². The van der Waals surface area contributed by atoms with Crippen molar-refractivity contribution in [2.24, 2.45) is 0 Å². The van der Waals surface area contributed by atoms with Crippen molar-refractivity contribution in [3.05, 3.63) is 29.3 Å². The maximum Gasteiger partial charge on any atom is 0.207 e. The Hall–Kier alpha value is -1.62. The molecule has 0 spiro atoms. The summed E-state index contributed by atoms with van der Waals surface area (Å²) in [4.78, 5) is 1.52. The standard InChI is InChI=1S/C11H14ClN5/c1-3-16(4-2)17-14-11(13-15-17)9-6-5-7-10(12)8-9/h5-8H,3-4H2,1-2H3. The number of benzene rings is 1. The topological polar surface area (TPSA) is 46.8 Å². The van der Waals surface area contributed by atoms with Crippen LogP contribution in [0, 0.1) is 0 Å². The quantitative estimate of drug-likeness (QED) is 0.834. The first kappa shape index (κ1) is 11.9. The lowest BCUT2D eigenvalue weighted by Crippen LogP contribution is -2.36. The average Bonchev–Trinajstić information content (AvgIpc) is 2.80. The molecule has 5 nitrogen and oxygen atoms in total. The van der Waals surface area contributed by atoms with Crippen molar-refractivity contribution in [1.82, 2.24) is 20.3 Å². The Labute approximate surface area is 105 Å². The van der Waals surface area contributed by atoms with Gasteiger partial charge in [-0.15, -0.1) is 10.2 Å². The molecular formula is C11H14ClN5. The number of hydrogen-bond donors (Lipinski definition) is 0. The summed E-state index contributed by atoms with van der Waals surface area (Å²) in [6.07, 6.45) is 0. The second-order valence-corrected chi connectivity index (χ2v) is 3.97. The molecule has 0 N–H and O–H groups in total. The summed E-state index contributed by atoms with van der Waals surface area (Å²) in [5.74, 6) is 0.583. The maximum absolute atomic E-state index is 5.93. The summed E-state index contributed by atoms with van der Waals surface area (Å²) in [6.45, 7) is 5.77. The molecule has 0 atom stereocenters. The minimum atomic E-state index is 0.583. The Kier molecular flexibility index (Phi) is 3.58. The summed E-state index contributed by atoms with van der Waals surface area (Å²) >= 11 is 5.93. The summed E-state index contributed by atoms with van der Waals surface area (Å²) < 4.78 is 0. The number of aromatic nitrogens is 4. The van der Waals surface area contributed by atoms with Crippen LogP contribution in [0.1, 0.15) is 13.8 Å². The predicted molar refractivity (Wildman–Crippen MR) is 67.6 cm³/mol. The van der Waals surface area contributed by atoms with E-state index in [1.165, 1.54) is 4.91 Å². The van der Waals surface area contributed by atoms with Crippen LogP contribution in [-0.4, -0.2) is 33.4 Å². The van der Waals surface area contributed by atoms with Gasteiger partial charge in [-0.1, -0.05) is 28.6 Å². The molecule has 0 bridgehead atoms. The van der Waals surface area contributed by atoms with Gasteiger partial charge in [0.1, 0.15) is 0 Å². The molecule has 0 unspecified atom stereocenters. The molecule has 1 aromatic carbocycles. The van der Waals surface area contributed by atoms with E-state index in [0.29, 0.717) is 10.8 Å². The van der Waals surface area contributed by atoms with E-state index in [0.717, 1.165) is 18.7 Å². The lowest BCUT2D eigenvalue weighted by molar-refractivity contribution is 0.482. The monoisotopic (exact) mass is 251 g/mol. The zero-order chi connectivity index (χ0) is 12.3. The zero-order valence-corrected chi connectivity index (χ0v) is 10.6. The van der Waals surface area contributed by atoms with Crippen LogP contribution in [0.2, 0.25) is 5.02 Å². The number of nitrogens with zero attached hydrogens (tertiary/aromatic N) is 5. The van der Waals surface area contributed by atoms with E-state index in [4.69, 9.17) is 11.6 Å². The largest absolute Gasteiger partial charge is 0.279 e. The van der Waals surface area contributed by atoms with Crippen LogP contribution in [0.25, 0.3) is 11.4 Å². The van der Waals surface area contributed by atoms with Gasteiger partial charge in [0.2, 0.25) is 5.82 Å². The number of halogens is 1. The summed E-state index contributed by atoms with van der Waals surface area (Å²) in [7, 11) is 0. The fraction of sp³-hybridized carbons (Fsp3) is 0.364. The van der Waals surface area contributed by atoms with Crippen LogP contribution in [0.15, 0.2) is 24.3 Å². The summed E-state index contributed by atoms with van der Waals surface area (Å²) in [5, 5.41) is 15.0. The van der Waals surface area contributed by atoms with Crippen LogP contribution in [-0.2, 0) is 0 Å². The predicted octanol–water partition coefficient (Wildman–Crippen LogP) is 1.97. The van der Waals surface area contributed by atoms with Crippen LogP contribution >= 0.6 is 11.6 Å². The van der Waals surface area contributed by atoms with Crippen molar-refractivity contribution in [3.63, 3.8) is 0 Å². The lowest BCUT2D eigenvalue weighted by Gasteiger charge is -2.16. The molecule has 2 rings (SSSR count). The number of rotatable bonds is 4. The van der Waals surface area contributed by atoms with E-state index >= 15 is 0 Å². The van der Waals surface area contributed by atoms with Gasteiger partial charge in [0.05, 0.1) is 0 Å². The van der Waals surface area contributed by atoms with Crippen LogP contribution in [0.5, 0.6) is 0 Å². The summed E-state index contributed by atoms with van der Waals surface area (Å²) in [6, 6.07) is 7.43. The fourth-order valence-electron chi connectivity index (χ4n) is 1.55. The van der Waals surface area contributed by atoms with Crippen molar-refractivity contribution in [3.8, 4) is 11.4 Å². The second-order valence-electron chi connectivity index (χ2n) is 3.53. The molecule has 1 heterocycles. The summed E-state index contributed by atoms with van der Waals surface area (Å²) in [5.41, 5.74) is 0.871. The molecular weight excluding hydrogens is 238 g/mol. The third-order valence-corrected chi connectivity index (χ3v) is 2.70. The highest BCUT2D eigenvalue weighted by Crippen LogP contribution is 2.18. The van der Waals surface area contributed by atoms with Crippen LogP contribution in [0.3, 0.4) is 0 Å². The Balaban J connectivity index is 2.29. The maximum atomic E-state index is 5.93. The Morgan fingerprint density at radius 3 is 2.71 bits per heavy atom. The van der Waals surface area contributed by atoms with Gasteiger partial charge in [-0.2, -0.15) is 0 Å². The highest BCUT2D eigenvalue weighted by molar-refractivity contribution is 6.30. The third-order valence-electron chi connectivity index (χ3n) is 2.47. The van der Waals surface area contributed by atoms with Gasteiger partial charge in [0, 0.05) is 23.7 Å². The minimum absolute atomic E-state index is 0.583. The number of hydrogen-bond acceptors (Lipinski definition) is 4.